The molecule has 1 aliphatic rings. The number of aromatic amines is 1. The molecule has 0 radical (unpaired) electrons. The maximum Gasteiger partial charge on any atom is 0.310 e. The predicted molar refractivity (Wildman–Crippen MR) is 132 cm³/mol. The average Bonchev–Trinajstić information content (AvgIpc) is 3.28. The minimum Gasteiger partial charge on any atom is -0.481 e. The first-order valence-corrected chi connectivity index (χ1v) is 12.2. The SMILES string of the molecule is CC[C@@H]1C[C@](Cc2nc(Nc3cc(C)[nH]n3)nc(C#N)c2F)(C(=O)O)CCN1Cc1cccc(Cl)c1F. The topological polar surface area (TPSA) is 131 Å². The van der Waals surface area contributed by atoms with Crippen molar-refractivity contribution in [1.82, 2.24) is 25.1 Å². The standard InChI is InChI=1S/C25H26ClF2N7O2/c1-3-16-10-25(23(36)37,7-8-35(16)13-15-5-4-6-17(26)21(15)27)11-18-22(28)19(12-29)31-24(30-18)32-20-9-14(2)33-34-20/h4-6,9,16H,3,7-8,10-11,13H2,1-2H3,(H,36,37)(H2,30,31,32,33,34)/t16-,25-/m1/s1. The number of carbonyl (C=O) groups is 1. The van der Waals surface area contributed by atoms with Crippen molar-refractivity contribution in [3.8, 4) is 6.07 Å². The molecule has 3 heterocycles. The monoisotopic (exact) mass is 529 g/mol. The molecule has 1 saturated heterocycles. The lowest BCUT2D eigenvalue weighted by atomic mass is 9.71. The molecule has 1 aromatic carbocycles. The third-order valence-corrected chi connectivity index (χ3v) is 7.12. The molecule has 12 heteroatoms. The Labute approximate surface area is 217 Å². The number of H-pyrrole nitrogens is 1. The number of nitrogens with zero attached hydrogens (tertiary/aromatic N) is 5. The molecular formula is C25H26ClF2N7O2. The molecule has 9 nitrogen and oxygen atoms in total. The van der Waals surface area contributed by atoms with Gasteiger partial charge >= 0.3 is 5.97 Å². The van der Waals surface area contributed by atoms with Gasteiger partial charge in [0.05, 0.1) is 16.1 Å². The molecule has 37 heavy (non-hydrogen) atoms. The van der Waals surface area contributed by atoms with Crippen LogP contribution in [0.4, 0.5) is 20.5 Å². The Morgan fingerprint density at radius 2 is 2.16 bits per heavy atom. The maximum absolute atomic E-state index is 15.2. The van der Waals surface area contributed by atoms with Crippen LogP contribution in [0.5, 0.6) is 0 Å². The van der Waals surface area contributed by atoms with E-state index in [4.69, 9.17) is 11.6 Å². The van der Waals surface area contributed by atoms with Crippen LogP contribution in [0.3, 0.4) is 0 Å². The molecular weight excluding hydrogens is 504 g/mol. The summed E-state index contributed by atoms with van der Waals surface area (Å²) in [5.41, 5.74) is -0.774. The van der Waals surface area contributed by atoms with Crippen molar-refractivity contribution in [3.63, 3.8) is 0 Å². The third kappa shape index (κ3) is 5.55. The largest absolute Gasteiger partial charge is 0.481 e. The van der Waals surface area contributed by atoms with E-state index < -0.39 is 28.7 Å². The van der Waals surface area contributed by atoms with Crippen molar-refractivity contribution < 1.29 is 18.7 Å². The first-order valence-electron chi connectivity index (χ1n) is 11.8. The number of halogens is 3. The normalized spacial score (nSPS) is 19.9. The number of aryl methyl sites for hydroxylation is 1. The van der Waals surface area contributed by atoms with Crippen LogP contribution >= 0.6 is 11.6 Å². The molecule has 2 aromatic heterocycles. The van der Waals surface area contributed by atoms with Crippen molar-refractivity contribution >= 4 is 29.3 Å². The highest BCUT2D eigenvalue weighted by atomic mass is 35.5. The Balaban J connectivity index is 1.61. The highest BCUT2D eigenvalue weighted by molar-refractivity contribution is 6.30. The van der Waals surface area contributed by atoms with Gasteiger partial charge in [-0.25, -0.2) is 13.8 Å². The van der Waals surface area contributed by atoms with Crippen molar-refractivity contribution in [2.45, 2.75) is 52.1 Å². The van der Waals surface area contributed by atoms with Gasteiger partial charge in [-0.05, 0) is 38.8 Å². The van der Waals surface area contributed by atoms with Gasteiger partial charge in [0.2, 0.25) is 5.95 Å². The molecule has 3 aromatic rings. The molecule has 0 bridgehead atoms. The highest BCUT2D eigenvalue weighted by Crippen LogP contribution is 2.40. The zero-order valence-corrected chi connectivity index (χ0v) is 21.1. The number of benzene rings is 1. The number of hydrogen-bond donors (Lipinski definition) is 3. The van der Waals surface area contributed by atoms with E-state index in [1.54, 1.807) is 31.2 Å². The maximum atomic E-state index is 15.2. The Kier molecular flexibility index (Phi) is 7.71. The van der Waals surface area contributed by atoms with Crippen LogP contribution in [-0.4, -0.2) is 48.7 Å². The first-order chi connectivity index (χ1) is 17.7. The molecule has 1 fully saturated rings. The lowest BCUT2D eigenvalue weighted by Gasteiger charge is -2.44. The summed E-state index contributed by atoms with van der Waals surface area (Å²) in [6.45, 7) is 4.35. The van der Waals surface area contributed by atoms with E-state index in [-0.39, 0.29) is 48.5 Å². The number of rotatable bonds is 8. The van der Waals surface area contributed by atoms with E-state index in [2.05, 4.69) is 25.5 Å². The van der Waals surface area contributed by atoms with Crippen LogP contribution in [0.15, 0.2) is 24.3 Å². The van der Waals surface area contributed by atoms with Crippen molar-refractivity contribution in [2.24, 2.45) is 5.41 Å². The number of piperidine rings is 1. The van der Waals surface area contributed by atoms with Crippen molar-refractivity contribution in [2.75, 3.05) is 11.9 Å². The van der Waals surface area contributed by atoms with Gasteiger partial charge in [0.25, 0.3) is 0 Å². The molecule has 0 saturated carbocycles. The lowest BCUT2D eigenvalue weighted by molar-refractivity contribution is -0.154. The zero-order chi connectivity index (χ0) is 26.7. The number of likely N-dealkylation sites (tertiary alicyclic amines) is 1. The van der Waals surface area contributed by atoms with Gasteiger partial charge in [0, 0.05) is 36.3 Å². The van der Waals surface area contributed by atoms with Gasteiger partial charge < -0.3 is 10.4 Å². The quantitative estimate of drug-likeness (QED) is 0.381. The molecule has 1 aliphatic heterocycles. The van der Waals surface area contributed by atoms with Gasteiger partial charge in [-0.15, -0.1) is 0 Å². The number of hydrogen-bond acceptors (Lipinski definition) is 7. The molecule has 194 valence electrons. The summed E-state index contributed by atoms with van der Waals surface area (Å²) in [5.74, 6) is -2.19. The summed E-state index contributed by atoms with van der Waals surface area (Å²) in [6.07, 6.45) is 0.773. The second kappa shape index (κ2) is 10.8. The summed E-state index contributed by atoms with van der Waals surface area (Å²) >= 11 is 5.93. The van der Waals surface area contributed by atoms with E-state index in [0.717, 1.165) is 5.69 Å². The summed E-state index contributed by atoms with van der Waals surface area (Å²) in [5, 5.41) is 29.3. The number of carboxylic acid groups (broad SMARTS) is 1. The number of nitrogens with one attached hydrogen (secondary N) is 2. The summed E-state index contributed by atoms with van der Waals surface area (Å²) in [6, 6.07) is 8.00. The molecule has 0 aliphatic carbocycles. The van der Waals surface area contributed by atoms with Crippen molar-refractivity contribution in [1.29, 1.82) is 5.26 Å². The van der Waals surface area contributed by atoms with E-state index in [9.17, 15) is 19.6 Å². The second-order valence-electron chi connectivity index (χ2n) is 9.29. The van der Waals surface area contributed by atoms with Gasteiger partial charge in [-0.2, -0.15) is 15.3 Å². The average molecular weight is 530 g/mol. The van der Waals surface area contributed by atoms with E-state index >= 15 is 4.39 Å². The van der Waals surface area contributed by atoms with Crippen molar-refractivity contribution in [3.05, 3.63) is 63.6 Å². The fourth-order valence-electron chi connectivity index (χ4n) is 4.81. The van der Waals surface area contributed by atoms with E-state index in [1.165, 1.54) is 6.07 Å². The number of aromatic nitrogens is 4. The minimum absolute atomic E-state index is 0.0318. The first kappa shape index (κ1) is 26.4. The van der Waals surface area contributed by atoms with Gasteiger partial charge in [-0.3, -0.25) is 14.8 Å². The number of nitriles is 1. The third-order valence-electron chi connectivity index (χ3n) is 6.83. The smallest absolute Gasteiger partial charge is 0.310 e. The van der Waals surface area contributed by atoms with Crippen LogP contribution in [0.1, 0.15) is 48.8 Å². The molecule has 0 spiro atoms. The Morgan fingerprint density at radius 1 is 1.38 bits per heavy atom. The molecule has 0 unspecified atom stereocenters. The van der Waals surface area contributed by atoms with Crippen LogP contribution in [0, 0.1) is 35.3 Å². The molecule has 3 N–H and O–H groups in total. The lowest BCUT2D eigenvalue weighted by Crippen LogP contribution is -2.50. The zero-order valence-electron chi connectivity index (χ0n) is 20.4. The number of carboxylic acids is 1. The summed E-state index contributed by atoms with van der Waals surface area (Å²) in [7, 11) is 0. The van der Waals surface area contributed by atoms with E-state index in [1.807, 2.05) is 11.8 Å². The minimum atomic E-state index is -1.33. The second-order valence-corrected chi connectivity index (χ2v) is 9.70. The van der Waals surface area contributed by atoms with Gasteiger partial charge in [-0.1, -0.05) is 30.7 Å². The summed E-state index contributed by atoms with van der Waals surface area (Å²) in [4.78, 5) is 22.8. The number of aliphatic carboxylic acids is 1. The Bertz CT molecular complexity index is 1360. The summed E-state index contributed by atoms with van der Waals surface area (Å²) < 4.78 is 29.7. The molecule has 4 rings (SSSR count). The fourth-order valence-corrected chi connectivity index (χ4v) is 5.00. The van der Waals surface area contributed by atoms with Gasteiger partial charge in [0.1, 0.15) is 11.9 Å². The van der Waals surface area contributed by atoms with E-state index in [0.29, 0.717) is 24.3 Å². The molecule has 2 atom stereocenters. The highest BCUT2D eigenvalue weighted by Gasteiger charge is 2.46. The van der Waals surface area contributed by atoms with Crippen LogP contribution in [0.2, 0.25) is 5.02 Å². The van der Waals surface area contributed by atoms with Crippen LogP contribution in [-0.2, 0) is 17.8 Å². The van der Waals surface area contributed by atoms with Crippen LogP contribution in [0.25, 0.3) is 0 Å². The fraction of sp³-hybridized carbons (Fsp3) is 0.400. The molecule has 0 amide bonds. The number of anilines is 2. The van der Waals surface area contributed by atoms with Gasteiger partial charge in [0.15, 0.2) is 17.3 Å². The predicted octanol–water partition coefficient (Wildman–Crippen LogP) is 4.74. The van der Waals surface area contributed by atoms with Crippen LogP contribution < -0.4 is 5.32 Å². The Hall–Kier alpha value is -3.62. The Morgan fingerprint density at radius 3 is 2.81 bits per heavy atom.